The van der Waals surface area contributed by atoms with E-state index in [9.17, 15) is 9.59 Å². The number of ether oxygens (including phenoxy) is 2. The van der Waals surface area contributed by atoms with Crippen molar-refractivity contribution in [2.75, 3.05) is 19.7 Å². The van der Waals surface area contributed by atoms with Gasteiger partial charge in [0.15, 0.2) is 0 Å². The molecular formula is C25H41BN4O6. The molecule has 2 aliphatic heterocycles. The number of amides is 2. The van der Waals surface area contributed by atoms with Crippen LogP contribution in [0.5, 0.6) is 6.01 Å². The summed E-state index contributed by atoms with van der Waals surface area (Å²) in [5, 5.41) is 2.74. The van der Waals surface area contributed by atoms with Crippen LogP contribution in [0.3, 0.4) is 0 Å². The van der Waals surface area contributed by atoms with Crippen LogP contribution >= 0.6 is 0 Å². The Kier molecular flexibility index (Phi) is 8.25. The van der Waals surface area contributed by atoms with Crippen molar-refractivity contribution in [1.82, 2.24) is 20.2 Å². The fraction of sp³-hybridized carbons (Fsp3) is 0.760. The molecule has 200 valence electrons. The molecule has 10 nitrogen and oxygen atoms in total. The molecule has 3 heterocycles. The molecule has 1 aromatic rings. The van der Waals surface area contributed by atoms with E-state index in [0.29, 0.717) is 19.7 Å². The van der Waals surface area contributed by atoms with E-state index in [1.54, 1.807) is 38.1 Å². The van der Waals surface area contributed by atoms with E-state index in [-0.39, 0.29) is 23.8 Å². The third kappa shape index (κ3) is 6.88. The van der Waals surface area contributed by atoms with Crippen LogP contribution in [-0.4, -0.2) is 76.5 Å². The van der Waals surface area contributed by atoms with E-state index in [4.69, 9.17) is 18.8 Å². The third-order valence-corrected chi connectivity index (χ3v) is 6.82. The van der Waals surface area contributed by atoms with Crippen molar-refractivity contribution < 1.29 is 28.4 Å². The van der Waals surface area contributed by atoms with Gasteiger partial charge in [-0.05, 0) is 60.8 Å². The first-order valence-electron chi connectivity index (χ1n) is 12.7. The number of rotatable bonds is 7. The fourth-order valence-corrected chi connectivity index (χ4v) is 4.01. The molecule has 2 fully saturated rings. The van der Waals surface area contributed by atoms with Crippen LogP contribution in [0.25, 0.3) is 0 Å². The van der Waals surface area contributed by atoms with Gasteiger partial charge < -0.3 is 29.0 Å². The fourth-order valence-electron chi connectivity index (χ4n) is 4.01. The topological polar surface area (TPSA) is 112 Å². The number of nitrogens with one attached hydrogen (secondary N) is 1. The summed E-state index contributed by atoms with van der Waals surface area (Å²) in [6.45, 7) is 18.7. The lowest BCUT2D eigenvalue weighted by Crippen LogP contribution is -2.51. The van der Waals surface area contributed by atoms with Gasteiger partial charge in [0.2, 0.25) is 5.91 Å². The van der Waals surface area contributed by atoms with E-state index in [1.807, 2.05) is 41.5 Å². The summed E-state index contributed by atoms with van der Waals surface area (Å²) in [4.78, 5) is 35.8. The summed E-state index contributed by atoms with van der Waals surface area (Å²) in [7, 11) is -0.526. The molecule has 2 amide bonds. The molecule has 0 bridgehead atoms. The maximum atomic E-state index is 13.1. The van der Waals surface area contributed by atoms with Crippen LogP contribution in [0.1, 0.15) is 68.7 Å². The van der Waals surface area contributed by atoms with E-state index >= 15 is 0 Å². The zero-order valence-electron chi connectivity index (χ0n) is 23.1. The van der Waals surface area contributed by atoms with Gasteiger partial charge in [-0.15, -0.1) is 0 Å². The first kappa shape index (κ1) is 28.2. The second-order valence-corrected chi connectivity index (χ2v) is 12.0. The highest BCUT2D eigenvalue weighted by Gasteiger charge is 2.52. The predicted octanol–water partition coefficient (Wildman–Crippen LogP) is 2.55. The van der Waals surface area contributed by atoms with Crippen molar-refractivity contribution in [3.8, 4) is 6.01 Å². The molecule has 1 N–H and O–H groups in total. The van der Waals surface area contributed by atoms with Crippen molar-refractivity contribution in [2.45, 2.75) is 91.6 Å². The third-order valence-electron chi connectivity index (χ3n) is 6.82. The summed E-state index contributed by atoms with van der Waals surface area (Å²) in [5.74, 6) is -0.0350. The van der Waals surface area contributed by atoms with Gasteiger partial charge in [-0.25, -0.2) is 14.8 Å². The molecule has 11 heteroatoms. The predicted molar refractivity (Wildman–Crippen MR) is 136 cm³/mol. The summed E-state index contributed by atoms with van der Waals surface area (Å²) < 4.78 is 23.2. The second-order valence-electron chi connectivity index (χ2n) is 12.0. The summed E-state index contributed by atoms with van der Waals surface area (Å²) in [6, 6.07) is -0.378. The van der Waals surface area contributed by atoms with E-state index in [0.717, 1.165) is 11.9 Å². The van der Waals surface area contributed by atoms with E-state index in [1.165, 1.54) is 0 Å². The molecule has 0 unspecified atom stereocenters. The normalized spacial score (nSPS) is 22.0. The Balaban J connectivity index is 1.50. The van der Waals surface area contributed by atoms with Crippen molar-refractivity contribution in [3.05, 3.63) is 12.4 Å². The Labute approximate surface area is 215 Å². The van der Waals surface area contributed by atoms with E-state index < -0.39 is 36.1 Å². The van der Waals surface area contributed by atoms with Gasteiger partial charge in [-0.2, -0.15) is 0 Å². The van der Waals surface area contributed by atoms with Crippen LogP contribution in [0.4, 0.5) is 4.79 Å². The van der Waals surface area contributed by atoms with Crippen molar-refractivity contribution in [2.24, 2.45) is 11.8 Å². The number of nitrogens with zero attached hydrogens (tertiary/aromatic N) is 3. The smallest absolute Gasteiger partial charge is 0.463 e. The molecule has 2 atom stereocenters. The number of aromatic nitrogens is 2. The van der Waals surface area contributed by atoms with E-state index in [2.05, 4.69) is 15.3 Å². The number of hydrogen-bond donors (Lipinski definition) is 1. The maximum absolute atomic E-state index is 13.1. The molecule has 0 spiro atoms. The Morgan fingerprint density at radius 3 is 2.28 bits per heavy atom. The Hall–Kier alpha value is -2.40. The number of alkyl carbamates (subject to hydrolysis) is 1. The molecular weight excluding hydrogens is 463 g/mol. The number of hydrogen-bond acceptors (Lipinski definition) is 8. The maximum Gasteiger partial charge on any atom is 0.498 e. The Bertz CT molecular complexity index is 915. The van der Waals surface area contributed by atoms with Gasteiger partial charge in [0, 0.05) is 36.9 Å². The first-order chi connectivity index (χ1) is 16.6. The first-order valence-corrected chi connectivity index (χ1v) is 12.7. The minimum absolute atomic E-state index is 0.0730. The average molecular weight is 504 g/mol. The van der Waals surface area contributed by atoms with Crippen LogP contribution in [0.2, 0.25) is 0 Å². The minimum Gasteiger partial charge on any atom is -0.463 e. The second kappa shape index (κ2) is 10.5. The van der Waals surface area contributed by atoms with Gasteiger partial charge in [0.25, 0.3) is 0 Å². The van der Waals surface area contributed by atoms with Crippen molar-refractivity contribution in [1.29, 1.82) is 0 Å². The summed E-state index contributed by atoms with van der Waals surface area (Å²) in [5.41, 5.74) is -0.767. The molecule has 0 aromatic carbocycles. The molecule has 2 aliphatic rings. The van der Waals surface area contributed by atoms with Gasteiger partial charge in [-0.1, -0.05) is 13.8 Å². The monoisotopic (exact) mass is 504 g/mol. The molecule has 0 radical (unpaired) electrons. The van der Waals surface area contributed by atoms with Gasteiger partial charge in [-0.3, -0.25) is 4.79 Å². The summed E-state index contributed by atoms with van der Waals surface area (Å²) in [6.07, 6.45) is 3.53. The van der Waals surface area contributed by atoms with Crippen LogP contribution in [0.15, 0.2) is 12.4 Å². The lowest BCUT2D eigenvalue weighted by molar-refractivity contribution is -0.133. The zero-order chi connectivity index (χ0) is 26.9. The molecule has 1 aromatic heterocycles. The van der Waals surface area contributed by atoms with Crippen LogP contribution < -0.4 is 15.5 Å². The molecule has 36 heavy (non-hydrogen) atoms. The standard InChI is InChI=1S/C25H41BN4O6/c1-16(2)19(29-22(32)34-23(3,4)5)20(31)30-11-10-17(14-30)15-33-21-27-12-18(13-28-21)26-35-24(6,7)25(8,9)36-26/h12-13,16-17,19H,10-11,14-15H2,1-9H3,(H,29,32)/t17-,19+/m0/s1. The lowest BCUT2D eigenvalue weighted by atomic mass is 9.81. The quantitative estimate of drug-likeness (QED) is 0.564. The molecule has 2 saturated heterocycles. The molecule has 3 rings (SSSR count). The van der Waals surface area contributed by atoms with Gasteiger partial charge >= 0.3 is 19.2 Å². The number of carbonyl (C=O) groups is 2. The highest BCUT2D eigenvalue weighted by molar-refractivity contribution is 6.61. The highest BCUT2D eigenvalue weighted by atomic mass is 16.7. The summed E-state index contributed by atoms with van der Waals surface area (Å²) >= 11 is 0. The lowest BCUT2D eigenvalue weighted by Gasteiger charge is -2.32. The van der Waals surface area contributed by atoms with Crippen molar-refractivity contribution >= 4 is 24.6 Å². The zero-order valence-corrected chi connectivity index (χ0v) is 23.1. The molecule has 0 aliphatic carbocycles. The Morgan fingerprint density at radius 1 is 1.17 bits per heavy atom. The van der Waals surface area contributed by atoms with Gasteiger partial charge in [0.05, 0.1) is 17.8 Å². The van der Waals surface area contributed by atoms with Crippen LogP contribution in [0, 0.1) is 11.8 Å². The minimum atomic E-state index is -0.648. The van der Waals surface area contributed by atoms with Crippen molar-refractivity contribution in [3.63, 3.8) is 0 Å². The van der Waals surface area contributed by atoms with Crippen LogP contribution in [-0.2, 0) is 18.8 Å². The highest BCUT2D eigenvalue weighted by Crippen LogP contribution is 2.36. The number of likely N-dealkylation sites (tertiary alicyclic amines) is 1. The van der Waals surface area contributed by atoms with Gasteiger partial charge in [0.1, 0.15) is 11.6 Å². The number of carbonyl (C=O) groups excluding carboxylic acids is 2. The average Bonchev–Trinajstić information content (AvgIpc) is 3.30. The Morgan fingerprint density at radius 2 is 1.75 bits per heavy atom. The largest absolute Gasteiger partial charge is 0.498 e. The molecule has 0 saturated carbocycles. The SMILES string of the molecule is CC(C)[C@@H](NC(=O)OC(C)(C)C)C(=O)N1CC[C@H](COc2ncc(B3OC(C)(C)C(C)(C)O3)cn2)C1.